The van der Waals surface area contributed by atoms with Gasteiger partial charge in [0.1, 0.15) is 0 Å². The van der Waals surface area contributed by atoms with Crippen LogP contribution in [0, 0.1) is 16.7 Å². The molecule has 22 heavy (non-hydrogen) atoms. The van der Waals surface area contributed by atoms with Crippen molar-refractivity contribution >= 4 is 11.9 Å². The molecule has 0 bridgehead atoms. The Bertz CT molecular complexity index is 405. The molecule has 0 fully saturated rings. The fourth-order valence-corrected chi connectivity index (χ4v) is 1.64. The summed E-state index contributed by atoms with van der Waals surface area (Å²) >= 11 is 0. The van der Waals surface area contributed by atoms with Crippen LogP contribution >= 0.6 is 0 Å². The van der Waals surface area contributed by atoms with Crippen LogP contribution in [0.4, 0.5) is 0 Å². The van der Waals surface area contributed by atoms with Crippen LogP contribution in [0.3, 0.4) is 0 Å². The van der Waals surface area contributed by atoms with Gasteiger partial charge in [0.2, 0.25) is 0 Å². The van der Waals surface area contributed by atoms with Gasteiger partial charge in [-0.05, 0) is 30.6 Å². The first-order chi connectivity index (χ1) is 9.86. The van der Waals surface area contributed by atoms with Gasteiger partial charge in [0.05, 0.1) is 19.1 Å². The molecule has 4 nitrogen and oxygen atoms in total. The van der Waals surface area contributed by atoms with E-state index in [-0.39, 0.29) is 28.7 Å². The van der Waals surface area contributed by atoms with Crippen LogP contribution < -0.4 is 0 Å². The van der Waals surface area contributed by atoms with Crippen LogP contribution in [-0.4, -0.2) is 25.2 Å². The van der Waals surface area contributed by atoms with Gasteiger partial charge < -0.3 is 9.47 Å². The van der Waals surface area contributed by atoms with E-state index in [4.69, 9.17) is 9.47 Å². The second-order valence-corrected chi connectivity index (χ2v) is 7.95. The zero-order valence-corrected chi connectivity index (χ0v) is 15.2. The third kappa shape index (κ3) is 8.85. The number of rotatable bonds is 9. The molecule has 0 aromatic rings. The number of esters is 2. The molecule has 0 amide bonds. The molecule has 0 aliphatic rings. The van der Waals surface area contributed by atoms with Crippen molar-refractivity contribution in [3.05, 3.63) is 12.2 Å². The molecule has 0 unspecified atom stereocenters. The van der Waals surface area contributed by atoms with Crippen LogP contribution in [0.15, 0.2) is 12.2 Å². The van der Waals surface area contributed by atoms with Gasteiger partial charge in [-0.1, -0.05) is 48.1 Å². The molecule has 0 N–H and O–H groups in total. The summed E-state index contributed by atoms with van der Waals surface area (Å²) in [5.74, 6) is -0.616. The second-order valence-electron chi connectivity index (χ2n) is 7.95. The normalized spacial score (nSPS) is 12.2. The lowest BCUT2D eigenvalue weighted by atomic mass is 9.80. The topological polar surface area (TPSA) is 52.6 Å². The molecule has 0 heterocycles. The van der Waals surface area contributed by atoms with Crippen LogP contribution in [0.5, 0.6) is 0 Å². The van der Waals surface area contributed by atoms with Crippen LogP contribution in [0.1, 0.15) is 61.3 Å². The highest BCUT2D eigenvalue weighted by Gasteiger charge is 2.27. The minimum atomic E-state index is -0.349. The first-order valence-corrected chi connectivity index (χ1v) is 7.85. The fraction of sp³-hybridized carbons (Fsp3) is 0.778. The lowest BCUT2D eigenvalue weighted by Crippen LogP contribution is -2.28. The number of ether oxygens (including phenoxy) is 2. The zero-order chi connectivity index (χ0) is 17.6. The molecule has 0 saturated carbocycles. The Balaban J connectivity index is 4.29. The number of carbonyl (C=O) groups is 2. The summed E-state index contributed by atoms with van der Waals surface area (Å²) in [5.41, 5.74) is 0.196. The highest BCUT2D eigenvalue weighted by Crippen LogP contribution is 2.31. The standard InChI is InChI=1S/C18H32O4/c1-13(2)15(19)21-11-17(5,6)9-10-18(7,8)12-22-16(20)14(3)4/h14H,1,9-12H2,2-8H3. The Morgan fingerprint density at radius 1 is 0.955 bits per heavy atom. The fourth-order valence-electron chi connectivity index (χ4n) is 1.64. The van der Waals surface area contributed by atoms with Crippen molar-refractivity contribution in [2.24, 2.45) is 16.7 Å². The third-order valence-corrected chi connectivity index (χ3v) is 3.50. The quantitative estimate of drug-likeness (QED) is 0.474. The molecule has 0 saturated heterocycles. The molecular formula is C18H32O4. The van der Waals surface area contributed by atoms with Crippen LogP contribution in [-0.2, 0) is 19.1 Å². The van der Waals surface area contributed by atoms with Gasteiger partial charge in [-0.3, -0.25) is 4.79 Å². The smallest absolute Gasteiger partial charge is 0.333 e. The Hall–Kier alpha value is -1.32. The van der Waals surface area contributed by atoms with Crippen molar-refractivity contribution in [1.82, 2.24) is 0 Å². The Morgan fingerprint density at radius 3 is 1.73 bits per heavy atom. The van der Waals surface area contributed by atoms with Gasteiger partial charge in [-0.15, -0.1) is 0 Å². The summed E-state index contributed by atoms with van der Waals surface area (Å²) in [7, 11) is 0. The van der Waals surface area contributed by atoms with Crippen molar-refractivity contribution < 1.29 is 19.1 Å². The Morgan fingerprint density at radius 2 is 1.36 bits per heavy atom. The summed E-state index contributed by atoms with van der Waals surface area (Å²) in [6.45, 7) is 17.9. The zero-order valence-electron chi connectivity index (χ0n) is 15.2. The van der Waals surface area contributed by atoms with E-state index in [1.54, 1.807) is 6.92 Å². The molecule has 0 aliphatic carbocycles. The maximum Gasteiger partial charge on any atom is 0.333 e. The van der Waals surface area contributed by atoms with Crippen LogP contribution in [0.2, 0.25) is 0 Å². The highest BCUT2D eigenvalue weighted by molar-refractivity contribution is 5.86. The van der Waals surface area contributed by atoms with Crippen molar-refractivity contribution in [3.8, 4) is 0 Å². The van der Waals surface area contributed by atoms with Crippen molar-refractivity contribution in [2.45, 2.75) is 61.3 Å². The van der Waals surface area contributed by atoms with Gasteiger partial charge in [0.25, 0.3) is 0 Å². The van der Waals surface area contributed by atoms with E-state index >= 15 is 0 Å². The minimum Gasteiger partial charge on any atom is -0.465 e. The van der Waals surface area contributed by atoms with Crippen molar-refractivity contribution in [2.75, 3.05) is 13.2 Å². The number of carbonyl (C=O) groups excluding carboxylic acids is 2. The predicted octanol–water partition coefficient (Wildman–Crippen LogP) is 4.14. The number of hydrogen-bond donors (Lipinski definition) is 0. The van der Waals surface area contributed by atoms with E-state index in [2.05, 4.69) is 34.3 Å². The monoisotopic (exact) mass is 312 g/mol. The first kappa shape index (κ1) is 20.7. The van der Waals surface area contributed by atoms with E-state index in [0.29, 0.717) is 18.8 Å². The average molecular weight is 312 g/mol. The molecule has 0 atom stereocenters. The maximum atomic E-state index is 11.5. The van der Waals surface area contributed by atoms with E-state index in [1.807, 2.05) is 13.8 Å². The molecule has 0 aromatic carbocycles. The molecule has 4 heteroatoms. The second kappa shape index (κ2) is 8.35. The van der Waals surface area contributed by atoms with Gasteiger partial charge in [0.15, 0.2) is 0 Å². The van der Waals surface area contributed by atoms with Crippen LogP contribution in [0.25, 0.3) is 0 Å². The van der Waals surface area contributed by atoms with Gasteiger partial charge in [0, 0.05) is 5.57 Å². The summed E-state index contributed by atoms with van der Waals surface area (Å²) in [5, 5.41) is 0. The Kier molecular flexibility index (Phi) is 7.85. The van der Waals surface area contributed by atoms with E-state index in [9.17, 15) is 9.59 Å². The maximum absolute atomic E-state index is 11.5. The highest BCUT2D eigenvalue weighted by atomic mass is 16.5. The molecule has 128 valence electrons. The van der Waals surface area contributed by atoms with Gasteiger partial charge in [-0.2, -0.15) is 0 Å². The summed E-state index contributed by atoms with van der Waals surface area (Å²) < 4.78 is 10.6. The summed E-state index contributed by atoms with van der Waals surface area (Å²) in [4.78, 5) is 23.0. The molecule has 0 aliphatic heterocycles. The lowest BCUT2D eigenvalue weighted by molar-refractivity contribution is -0.151. The average Bonchev–Trinajstić information content (AvgIpc) is 2.40. The summed E-state index contributed by atoms with van der Waals surface area (Å²) in [6.07, 6.45) is 1.76. The SMILES string of the molecule is C=C(C)C(=O)OCC(C)(C)CCC(C)(C)COC(=O)C(C)C. The molecule has 0 spiro atoms. The minimum absolute atomic E-state index is 0.0970. The molecule has 0 aromatic heterocycles. The largest absolute Gasteiger partial charge is 0.465 e. The predicted molar refractivity (Wildman–Crippen MR) is 88.4 cm³/mol. The van der Waals surface area contributed by atoms with Gasteiger partial charge >= 0.3 is 11.9 Å². The van der Waals surface area contributed by atoms with Crippen molar-refractivity contribution in [3.63, 3.8) is 0 Å². The molecular weight excluding hydrogens is 280 g/mol. The van der Waals surface area contributed by atoms with E-state index < -0.39 is 0 Å². The van der Waals surface area contributed by atoms with Crippen molar-refractivity contribution in [1.29, 1.82) is 0 Å². The third-order valence-electron chi connectivity index (χ3n) is 3.50. The first-order valence-electron chi connectivity index (χ1n) is 7.85. The number of hydrogen-bond acceptors (Lipinski definition) is 4. The van der Waals surface area contributed by atoms with E-state index in [0.717, 1.165) is 12.8 Å². The molecule has 0 rings (SSSR count). The summed E-state index contributed by atoms with van der Waals surface area (Å²) in [6, 6.07) is 0. The Labute approximate surface area is 135 Å². The van der Waals surface area contributed by atoms with E-state index in [1.165, 1.54) is 0 Å². The van der Waals surface area contributed by atoms with Gasteiger partial charge in [-0.25, -0.2) is 4.79 Å². The molecule has 0 radical (unpaired) electrons. The lowest BCUT2D eigenvalue weighted by Gasteiger charge is -2.30.